The van der Waals surface area contributed by atoms with Gasteiger partial charge in [0.05, 0.1) is 10.6 Å². The molecule has 1 saturated carbocycles. The standard InChI is InChI=1S/C16H21N3O2S2/c1-10(13(20)17-9-11-5-3-2-4-6-11)23-16-18-14(21)12-7-8-22-15(12)19-16/h7-8,10-11H,2-6,9H2,1H3,(H,17,20)(H,18,19,21)/t10-/m0/s1. The SMILES string of the molecule is C[C@H](Sc1nc2sccc2c(=O)[nH]1)C(=O)NCC1CCCCC1. The summed E-state index contributed by atoms with van der Waals surface area (Å²) < 4.78 is 0. The van der Waals surface area contributed by atoms with Crippen molar-refractivity contribution in [2.75, 3.05) is 6.54 Å². The van der Waals surface area contributed by atoms with E-state index in [-0.39, 0.29) is 16.7 Å². The number of H-pyrrole nitrogens is 1. The van der Waals surface area contributed by atoms with Gasteiger partial charge in [0.2, 0.25) is 5.91 Å². The van der Waals surface area contributed by atoms with E-state index in [2.05, 4.69) is 15.3 Å². The van der Waals surface area contributed by atoms with Crippen molar-refractivity contribution in [1.82, 2.24) is 15.3 Å². The van der Waals surface area contributed by atoms with E-state index in [1.165, 1.54) is 55.2 Å². The van der Waals surface area contributed by atoms with Crippen LogP contribution >= 0.6 is 23.1 Å². The van der Waals surface area contributed by atoms with E-state index < -0.39 is 0 Å². The first kappa shape index (κ1) is 16.5. The number of rotatable bonds is 5. The first-order chi connectivity index (χ1) is 11.1. The lowest BCUT2D eigenvalue weighted by molar-refractivity contribution is -0.120. The van der Waals surface area contributed by atoms with Gasteiger partial charge in [-0.3, -0.25) is 9.59 Å². The number of carbonyl (C=O) groups is 1. The van der Waals surface area contributed by atoms with Crippen LogP contribution in [-0.2, 0) is 4.79 Å². The average molecular weight is 351 g/mol. The van der Waals surface area contributed by atoms with E-state index in [0.717, 1.165) is 6.54 Å². The van der Waals surface area contributed by atoms with Gasteiger partial charge in [0.25, 0.3) is 5.56 Å². The fourth-order valence-corrected chi connectivity index (χ4v) is 4.55. The minimum Gasteiger partial charge on any atom is -0.355 e. The molecule has 0 bridgehead atoms. The van der Waals surface area contributed by atoms with E-state index in [0.29, 0.717) is 21.3 Å². The molecule has 2 aromatic heterocycles. The maximum atomic E-state index is 12.2. The molecule has 3 rings (SSSR count). The molecule has 124 valence electrons. The molecule has 0 radical (unpaired) electrons. The van der Waals surface area contributed by atoms with E-state index >= 15 is 0 Å². The summed E-state index contributed by atoms with van der Waals surface area (Å²) in [6.45, 7) is 2.61. The van der Waals surface area contributed by atoms with Crippen molar-refractivity contribution in [3.63, 3.8) is 0 Å². The maximum absolute atomic E-state index is 12.2. The van der Waals surface area contributed by atoms with Crippen LogP contribution in [-0.4, -0.2) is 27.7 Å². The molecule has 5 nitrogen and oxygen atoms in total. The van der Waals surface area contributed by atoms with Gasteiger partial charge in [-0.05, 0) is 37.1 Å². The van der Waals surface area contributed by atoms with Crippen LogP contribution in [0.5, 0.6) is 0 Å². The highest BCUT2D eigenvalue weighted by Crippen LogP contribution is 2.24. The summed E-state index contributed by atoms with van der Waals surface area (Å²) in [4.78, 5) is 32.1. The zero-order valence-electron chi connectivity index (χ0n) is 13.1. The lowest BCUT2D eigenvalue weighted by Gasteiger charge is -2.22. The predicted octanol–water partition coefficient (Wildman–Crippen LogP) is 3.16. The number of amides is 1. The Balaban J connectivity index is 1.57. The molecule has 1 aliphatic carbocycles. The number of hydrogen-bond acceptors (Lipinski definition) is 5. The minimum absolute atomic E-state index is 0.00880. The van der Waals surface area contributed by atoms with Crippen molar-refractivity contribution in [2.24, 2.45) is 5.92 Å². The largest absolute Gasteiger partial charge is 0.355 e. The van der Waals surface area contributed by atoms with E-state index in [1.54, 1.807) is 6.07 Å². The van der Waals surface area contributed by atoms with Crippen molar-refractivity contribution in [3.05, 3.63) is 21.8 Å². The topological polar surface area (TPSA) is 74.8 Å². The summed E-state index contributed by atoms with van der Waals surface area (Å²) in [7, 11) is 0. The summed E-state index contributed by atoms with van der Waals surface area (Å²) in [5, 5.41) is 5.72. The number of hydrogen-bond donors (Lipinski definition) is 2. The molecule has 1 atom stereocenters. The number of carbonyl (C=O) groups excluding carboxylic acids is 1. The normalized spacial score (nSPS) is 17.3. The number of aromatic nitrogens is 2. The fraction of sp³-hybridized carbons (Fsp3) is 0.562. The van der Waals surface area contributed by atoms with Crippen LogP contribution in [0.3, 0.4) is 0 Å². The monoisotopic (exact) mass is 351 g/mol. The van der Waals surface area contributed by atoms with Gasteiger partial charge in [-0.2, -0.15) is 0 Å². The minimum atomic E-state index is -0.279. The van der Waals surface area contributed by atoms with Crippen LogP contribution in [0.4, 0.5) is 0 Å². The van der Waals surface area contributed by atoms with Gasteiger partial charge in [-0.25, -0.2) is 4.98 Å². The van der Waals surface area contributed by atoms with E-state index in [9.17, 15) is 9.59 Å². The van der Waals surface area contributed by atoms with Crippen LogP contribution < -0.4 is 10.9 Å². The van der Waals surface area contributed by atoms with Crippen molar-refractivity contribution in [2.45, 2.75) is 49.4 Å². The Bertz CT molecular complexity index is 734. The number of thioether (sulfide) groups is 1. The Morgan fingerprint density at radius 3 is 3.04 bits per heavy atom. The highest BCUT2D eigenvalue weighted by Gasteiger charge is 2.19. The third-order valence-corrected chi connectivity index (χ3v) is 6.05. The molecule has 0 aliphatic heterocycles. The number of nitrogens with zero attached hydrogens (tertiary/aromatic N) is 1. The first-order valence-corrected chi connectivity index (χ1v) is 9.81. The molecule has 1 amide bonds. The third-order valence-electron chi connectivity index (χ3n) is 4.26. The molecular formula is C16H21N3O2S2. The number of thiophene rings is 1. The summed E-state index contributed by atoms with van der Waals surface area (Å²) in [6.07, 6.45) is 6.30. The second kappa shape index (κ2) is 7.49. The maximum Gasteiger partial charge on any atom is 0.260 e. The second-order valence-electron chi connectivity index (χ2n) is 6.02. The van der Waals surface area contributed by atoms with E-state index in [1.807, 2.05) is 12.3 Å². The average Bonchev–Trinajstić information content (AvgIpc) is 3.02. The van der Waals surface area contributed by atoms with Gasteiger partial charge in [-0.15, -0.1) is 11.3 Å². The zero-order chi connectivity index (χ0) is 16.2. The van der Waals surface area contributed by atoms with Crippen LogP contribution in [0, 0.1) is 5.92 Å². The van der Waals surface area contributed by atoms with Crippen LogP contribution in [0.15, 0.2) is 21.4 Å². The summed E-state index contributed by atoms with van der Waals surface area (Å²) >= 11 is 2.73. The molecule has 0 spiro atoms. The zero-order valence-corrected chi connectivity index (χ0v) is 14.8. The summed E-state index contributed by atoms with van der Waals surface area (Å²) in [5.41, 5.74) is -0.145. The molecule has 1 fully saturated rings. The van der Waals surface area contributed by atoms with Crippen LogP contribution in [0.1, 0.15) is 39.0 Å². The molecule has 2 N–H and O–H groups in total. The van der Waals surface area contributed by atoms with E-state index in [4.69, 9.17) is 0 Å². The molecule has 0 unspecified atom stereocenters. The highest BCUT2D eigenvalue weighted by atomic mass is 32.2. The van der Waals surface area contributed by atoms with Crippen molar-refractivity contribution in [1.29, 1.82) is 0 Å². The van der Waals surface area contributed by atoms with Crippen LogP contribution in [0.2, 0.25) is 0 Å². The summed E-state index contributed by atoms with van der Waals surface area (Å²) in [5.74, 6) is 0.625. The van der Waals surface area contributed by atoms with Crippen LogP contribution in [0.25, 0.3) is 10.2 Å². The second-order valence-corrected chi connectivity index (χ2v) is 8.24. The van der Waals surface area contributed by atoms with Gasteiger partial charge >= 0.3 is 0 Å². The molecule has 2 aromatic rings. The Labute approximate surface area is 143 Å². The fourth-order valence-electron chi connectivity index (χ4n) is 2.90. The van der Waals surface area contributed by atoms with Gasteiger partial charge in [0.1, 0.15) is 4.83 Å². The Hall–Kier alpha value is -1.34. The van der Waals surface area contributed by atoms with Gasteiger partial charge in [0.15, 0.2) is 5.16 Å². The molecule has 2 heterocycles. The van der Waals surface area contributed by atoms with Gasteiger partial charge < -0.3 is 10.3 Å². The van der Waals surface area contributed by atoms with Gasteiger partial charge in [-0.1, -0.05) is 31.0 Å². The molecule has 23 heavy (non-hydrogen) atoms. The quantitative estimate of drug-likeness (QED) is 0.641. The number of fused-ring (bicyclic) bond motifs is 1. The lowest BCUT2D eigenvalue weighted by atomic mass is 9.89. The van der Waals surface area contributed by atoms with Gasteiger partial charge in [0, 0.05) is 6.54 Å². The molecule has 0 aromatic carbocycles. The Morgan fingerprint density at radius 2 is 2.26 bits per heavy atom. The third kappa shape index (κ3) is 4.14. The highest BCUT2D eigenvalue weighted by molar-refractivity contribution is 8.00. The molecule has 0 saturated heterocycles. The molecular weight excluding hydrogens is 330 g/mol. The molecule has 7 heteroatoms. The lowest BCUT2D eigenvalue weighted by Crippen LogP contribution is -2.35. The Kier molecular flexibility index (Phi) is 5.38. The van der Waals surface area contributed by atoms with Crippen molar-refractivity contribution < 1.29 is 4.79 Å². The predicted molar refractivity (Wildman–Crippen MR) is 95.1 cm³/mol. The van der Waals surface area contributed by atoms with Crippen molar-refractivity contribution in [3.8, 4) is 0 Å². The van der Waals surface area contributed by atoms with Crippen molar-refractivity contribution >= 4 is 39.2 Å². The smallest absolute Gasteiger partial charge is 0.260 e. The summed E-state index contributed by atoms with van der Waals surface area (Å²) in [6, 6.07) is 1.76. The Morgan fingerprint density at radius 1 is 1.48 bits per heavy atom. The number of aromatic amines is 1. The molecule has 1 aliphatic rings. The first-order valence-electron chi connectivity index (χ1n) is 8.05. The number of nitrogens with one attached hydrogen (secondary N) is 2.